The molecule has 0 spiro atoms. The summed E-state index contributed by atoms with van der Waals surface area (Å²) < 4.78 is 2.05. The molecule has 2 heterocycles. The zero-order valence-electron chi connectivity index (χ0n) is 10.5. The van der Waals surface area contributed by atoms with Gasteiger partial charge in [0.2, 0.25) is 5.95 Å². The fraction of sp³-hybridized carbons (Fsp3) is 0.750. The summed E-state index contributed by atoms with van der Waals surface area (Å²) in [5.74, 6) is 0.983. The Morgan fingerprint density at radius 1 is 1.44 bits per heavy atom. The number of piperidine rings is 1. The van der Waals surface area contributed by atoms with E-state index in [-0.39, 0.29) is 0 Å². The SMILES string of the molecule is Cc1cn(C)c(NCC2CCCCN2C)n1. The molecule has 0 bridgehead atoms. The van der Waals surface area contributed by atoms with Gasteiger partial charge in [-0.3, -0.25) is 0 Å². The number of hydrogen-bond donors (Lipinski definition) is 1. The van der Waals surface area contributed by atoms with Crippen LogP contribution in [0, 0.1) is 6.92 Å². The van der Waals surface area contributed by atoms with E-state index in [9.17, 15) is 0 Å². The van der Waals surface area contributed by atoms with Gasteiger partial charge in [-0.1, -0.05) is 6.42 Å². The molecule has 1 aliphatic rings. The lowest BCUT2D eigenvalue weighted by Crippen LogP contribution is -2.41. The van der Waals surface area contributed by atoms with Crippen LogP contribution in [0.25, 0.3) is 0 Å². The summed E-state index contributed by atoms with van der Waals surface area (Å²) in [6.45, 7) is 4.25. The molecule has 2 rings (SSSR count). The van der Waals surface area contributed by atoms with Crippen molar-refractivity contribution in [3.05, 3.63) is 11.9 Å². The standard InChI is InChI=1S/C12H22N4/c1-10-9-16(3)12(14-10)13-8-11-6-4-5-7-15(11)2/h9,11H,4-8H2,1-3H3,(H,13,14). The number of hydrogen-bond acceptors (Lipinski definition) is 3. The van der Waals surface area contributed by atoms with E-state index in [1.165, 1.54) is 25.8 Å². The molecule has 1 unspecified atom stereocenters. The first-order valence-electron chi connectivity index (χ1n) is 6.11. The number of likely N-dealkylation sites (tertiary alicyclic amines) is 1. The fourth-order valence-electron chi connectivity index (χ4n) is 2.39. The average Bonchev–Trinajstić information content (AvgIpc) is 2.56. The van der Waals surface area contributed by atoms with E-state index in [2.05, 4.69) is 26.8 Å². The number of nitrogens with one attached hydrogen (secondary N) is 1. The third-order valence-electron chi connectivity index (χ3n) is 3.41. The van der Waals surface area contributed by atoms with Crippen molar-refractivity contribution in [2.24, 2.45) is 7.05 Å². The van der Waals surface area contributed by atoms with Gasteiger partial charge >= 0.3 is 0 Å². The van der Waals surface area contributed by atoms with E-state index in [0.717, 1.165) is 18.2 Å². The molecule has 0 saturated carbocycles. The molecule has 4 heteroatoms. The van der Waals surface area contributed by atoms with Gasteiger partial charge in [0.25, 0.3) is 0 Å². The molecular formula is C12H22N4. The van der Waals surface area contributed by atoms with Gasteiger partial charge < -0.3 is 14.8 Å². The highest BCUT2D eigenvalue weighted by Crippen LogP contribution is 2.15. The van der Waals surface area contributed by atoms with Crippen molar-refractivity contribution in [1.29, 1.82) is 0 Å². The largest absolute Gasteiger partial charge is 0.354 e. The van der Waals surface area contributed by atoms with Gasteiger partial charge in [-0.05, 0) is 33.4 Å². The number of aromatic nitrogens is 2. The second-order valence-corrected chi connectivity index (χ2v) is 4.83. The minimum absolute atomic E-state index is 0.658. The summed E-state index contributed by atoms with van der Waals surface area (Å²) >= 11 is 0. The minimum atomic E-state index is 0.658. The molecule has 1 fully saturated rings. The number of aryl methyl sites for hydroxylation is 2. The van der Waals surface area contributed by atoms with Gasteiger partial charge in [-0.2, -0.15) is 0 Å². The molecule has 1 aromatic heterocycles. The second kappa shape index (κ2) is 4.87. The molecule has 0 aliphatic carbocycles. The van der Waals surface area contributed by atoms with Crippen LogP contribution in [0.4, 0.5) is 5.95 Å². The number of imidazole rings is 1. The van der Waals surface area contributed by atoms with Crippen molar-refractivity contribution in [1.82, 2.24) is 14.5 Å². The lowest BCUT2D eigenvalue weighted by atomic mass is 10.0. The third-order valence-corrected chi connectivity index (χ3v) is 3.41. The Morgan fingerprint density at radius 2 is 2.25 bits per heavy atom. The van der Waals surface area contributed by atoms with Crippen LogP contribution < -0.4 is 5.32 Å². The monoisotopic (exact) mass is 222 g/mol. The van der Waals surface area contributed by atoms with Gasteiger partial charge in [0, 0.05) is 25.8 Å². The molecule has 90 valence electrons. The summed E-state index contributed by atoms with van der Waals surface area (Å²) in [4.78, 5) is 6.90. The summed E-state index contributed by atoms with van der Waals surface area (Å²) in [5, 5.41) is 3.44. The number of likely N-dealkylation sites (N-methyl/N-ethyl adjacent to an activating group) is 1. The molecule has 1 aromatic rings. The van der Waals surface area contributed by atoms with Crippen molar-refractivity contribution in [2.45, 2.75) is 32.2 Å². The normalized spacial score (nSPS) is 22.3. The van der Waals surface area contributed by atoms with Crippen LogP contribution in [0.3, 0.4) is 0 Å². The Hall–Kier alpha value is -1.03. The first kappa shape index (κ1) is 11.5. The molecule has 16 heavy (non-hydrogen) atoms. The van der Waals surface area contributed by atoms with E-state index >= 15 is 0 Å². The highest BCUT2D eigenvalue weighted by molar-refractivity contribution is 5.28. The molecule has 1 N–H and O–H groups in total. The van der Waals surface area contributed by atoms with Gasteiger partial charge in [0.15, 0.2) is 0 Å². The summed E-state index contributed by atoms with van der Waals surface area (Å²) in [6, 6.07) is 0.658. The molecule has 4 nitrogen and oxygen atoms in total. The minimum Gasteiger partial charge on any atom is -0.354 e. The van der Waals surface area contributed by atoms with E-state index in [1.807, 2.05) is 20.2 Å². The van der Waals surface area contributed by atoms with Crippen molar-refractivity contribution in [2.75, 3.05) is 25.5 Å². The van der Waals surface area contributed by atoms with Crippen molar-refractivity contribution < 1.29 is 0 Å². The van der Waals surface area contributed by atoms with Crippen molar-refractivity contribution >= 4 is 5.95 Å². The molecule has 1 aliphatic heterocycles. The molecule has 0 aromatic carbocycles. The predicted molar refractivity (Wildman–Crippen MR) is 66.7 cm³/mol. The van der Waals surface area contributed by atoms with Crippen LogP contribution in [0.5, 0.6) is 0 Å². The fourth-order valence-corrected chi connectivity index (χ4v) is 2.39. The van der Waals surface area contributed by atoms with Crippen LogP contribution in [-0.2, 0) is 7.05 Å². The van der Waals surface area contributed by atoms with E-state index in [0.29, 0.717) is 6.04 Å². The Bertz CT molecular complexity index is 345. The van der Waals surface area contributed by atoms with Gasteiger partial charge in [-0.15, -0.1) is 0 Å². The van der Waals surface area contributed by atoms with Crippen molar-refractivity contribution in [3.8, 4) is 0 Å². The maximum Gasteiger partial charge on any atom is 0.202 e. The summed E-state index contributed by atoms with van der Waals surface area (Å²) in [6.07, 6.45) is 6.05. The predicted octanol–water partition coefficient (Wildman–Crippen LogP) is 1.62. The van der Waals surface area contributed by atoms with Crippen LogP contribution >= 0.6 is 0 Å². The third kappa shape index (κ3) is 2.55. The zero-order valence-corrected chi connectivity index (χ0v) is 10.5. The van der Waals surface area contributed by atoms with Gasteiger partial charge in [-0.25, -0.2) is 4.98 Å². The maximum atomic E-state index is 4.45. The molecule has 1 saturated heterocycles. The smallest absolute Gasteiger partial charge is 0.202 e. The number of rotatable bonds is 3. The average molecular weight is 222 g/mol. The molecule has 1 atom stereocenters. The molecule has 0 radical (unpaired) electrons. The van der Waals surface area contributed by atoms with Crippen LogP contribution in [-0.4, -0.2) is 40.6 Å². The van der Waals surface area contributed by atoms with E-state index in [4.69, 9.17) is 0 Å². The summed E-state index contributed by atoms with van der Waals surface area (Å²) in [5.41, 5.74) is 1.07. The van der Waals surface area contributed by atoms with E-state index < -0.39 is 0 Å². The first-order chi connectivity index (χ1) is 7.66. The lowest BCUT2D eigenvalue weighted by molar-refractivity contribution is 0.194. The van der Waals surface area contributed by atoms with Crippen LogP contribution in [0.2, 0.25) is 0 Å². The quantitative estimate of drug-likeness (QED) is 0.843. The molecular weight excluding hydrogens is 200 g/mol. The Labute approximate surface area is 97.7 Å². The van der Waals surface area contributed by atoms with Crippen LogP contribution in [0.1, 0.15) is 25.0 Å². The lowest BCUT2D eigenvalue weighted by Gasteiger charge is -2.32. The first-order valence-corrected chi connectivity index (χ1v) is 6.11. The number of nitrogens with zero attached hydrogens (tertiary/aromatic N) is 3. The van der Waals surface area contributed by atoms with Gasteiger partial charge in [0.05, 0.1) is 5.69 Å². The van der Waals surface area contributed by atoms with E-state index in [1.54, 1.807) is 0 Å². The number of anilines is 1. The van der Waals surface area contributed by atoms with Crippen LogP contribution in [0.15, 0.2) is 6.20 Å². The Morgan fingerprint density at radius 3 is 2.88 bits per heavy atom. The highest BCUT2D eigenvalue weighted by Gasteiger charge is 2.18. The molecule has 0 amide bonds. The zero-order chi connectivity index (χ0) is 11.5. The maximum absolute atomic E-state index is 4.45. The summed E-state index contributed by atoms with van der Waals surface area (Å²) in [7, 11) is 4.25. The highest BCUT2D eigenvalue weighted by atomic mass is 15.2. The topological polar surface area (TPSA) is 33.1 Å². The Kier molecular flexibility index (Phi) is 3.49. The van der Waals surface area contributed by atoms with Gasteiger partial charge in [0.1, 0.15) is 0 Å². The Balaban J connectivity index is 1.89. The van der Waals surface area contributed by atoms with Crippen molar-refractivity contribution in [3.63, 3.8) is 0 Å². The second-order valence-electron chi connectivity index (χ2n) is 4.83.